The van der Waals surface area contributed by atoms with Crippen molar-refractivity contribution in [2.24, 2.45) is 0 Å². The second-order valence-corrected chi connectivity index (χ2v) is 1.81. The molecular weight excluding hydrogens is 136 g/mol. The molecule has 0 atom stereocenters. The lowest BCUT2D eigenvalue weighted by molar-refractivity contribution is -0.140. The Morgan fingerprint density at radius 1 is 1.80 bits per heavy atom. The van der Waals surface area contributed by atoms with Crippen LogP contribution in [0, 0.1) is 0 Å². The first-order valence-electron chi connectivity index (χ1n) is 2.86. The summed E-state index contributed by atoms with van der Waals surface area (Å²) in [5, 5.41) is 0. The van der Waals surface area contributed by atoms with E-state index in [1.54, 1.807) is 0 Å². The number of rotatable bonds is 1. The average Bonchev–Trinajstić information content (AvgIpc) is 1.88. The van der Waals surface area contributed by atoms with Crippen LogP contribution in [-0.2, 0) is 19.0 Å². The van der Waals surface area contributed by atoms with E-state index in [9.17, 15) is 4.79 Å². The van der Waals surface area contributed by atoms with E-state index in [2.05, 4.69) is 4.74 Å². The molecule has 0 aromatic carbocycles. The summed E-state index contributed by atoms with van der Waals surface area (Å²) in [4.78, 5) is 10.3. The Bertz CT molecular complexity index is 161. The Morgan fingerprint density at radius 3 is 3.10 bits per heavy atom. The van der Waals surface area contributed by atoms with Crippen molar-refractivity contribution in [3.05, 3.63) is 12.0 Å². The van der Waals surface area contributed by atoms with Gasteiger partial charge in [0.25, 0.3) is 0 Å². The molecule has 0 aromatic heterocycles. The van der Waals surface area contributed by atoms with Crippen LogP contribution < -0.4 is 0 Å². The lowest BCUT2D eigenvalue weighted by Crippen LogP contribution is -2.12. The number of esters is 1. The van der Waals surface area contributed by atoms with E-state index >= 15 is 0 Å². The SMILES string of the molecule is CC(=O)OC1=COCOC1. The van der Waals surface area contributed by atoms with E-state index in [1.807, 2.05) is 0 Å². The molecule has 0 aromatic rings. The first-order valence-corrected chi connectivity index (χ1v) is 2.86. The molecular formula is C6H8O4. The van der Waals surface area contributed by atoms with Gasteiger partial charge in [0.2, 0.25) is 0 Å². The highest BCUT2D eigenvalue weighted by molar-refractivity contribution is 5.67. The third-order valence-electron chi connectivity index (χ3n) is 0.885. The first-order chi connectivity index (χ1) is 4.79. The van der Waals surface area contributed by atoms with Crippen LogP contribution >= 0.6 is 0 Å². The van der Waals surface area contributed by atoms with E-state index in [1.165, 1.54) is 13.2 Å². The molecule has 0 radical (unpaired) electrons. The van der Waals surface area contributed by atoms with E-state index < -0.39 is 0 Å². The fourth-order valence-electron chi connectivity index (χ4n) is 0.589. The topological polar surface area (TPSA) is 44.8 Å². The highest BCUT2D eigenvalue weighted by Crippen LogP contribution is 2.04. The highest BCUT2D eigenvalue weighted by Gasteiger charge is 2.06. The van der Waals surface area contributed by atoms with Crippen LogP contribution in [0.1, 0.15) is 6.92 Å². The van der Waals surface area contributed by atoms with Crippen LogP contribution in [-0.4, -0.2) is 19.4 Å². The van der Waals surface area contributed by atoms with Gasteiger partial charge in [0.15, 0.2) is 12.6 Å². The molecule has 0 bridgehead atoms. The van der Waals surface area contributed by atoms with Gasteiger partial charge in [0, 0.05) is 6.92 Å². The molecule has 1 heterocycles. The minimum Gasteiger partial charge on any atom is -0.472 e. The molecule has 0 N–H and O–H groups in total. The lowest BCUT2D eigenvalue weighted by atomic mass is 10.5. The molecule has 1 aliphatic heterocycles. The van der Waals surface area contributed by atoms with Crippen molar-refractivity contribution in [1.29, 1.82) is 0 Å². The predicted molar refractivity (Wildman–Crippen MR) is 31.8 cm³/mol. The van der Waals surface area contributed by atoms with Crippen LogP contribution in [0.3, 0.4) is 0 Å². The highest BCUT2D eigenvalue weighted by atomic mass is 16.7. The van der Waals surface area contributed by atoms with Gasteiger partial charge in [-0.3, -0.25) is 4.79 Å². The summed E-state index contributed by atoms with van der Waals surface area (Å²) in [6.07, 6.45) is 1.38. The summed E-state index contributed by atoms with van der Waals surface area (Å²) >= 11 is 0. The maximum absolute atomic E-state index is 10.3. The fourth-order valence-corrected chi connectivity index (χ4v) is 0.589. The van der Waals surface area contributed by atoms with Gasteiger partial charge in [0.05, 0.1) is 0 Å². The molecule has 1 rings (SSSR count). The van der Waals surface area contributed by atoms with E-state index in [4.69, 9.17) is 9.47 Å². The monoisotopic (exact) mass is 144 g/mol. The number of hydrogen-bond acceptors (Lipinski definition) is 4. The van der Waals surface area contributed by atoms with Gasteiger partial charge < -0.3 is 14.2 Å². The zero-order chi connectivity index (χ0) is 7.40. The molecule has 1 aliphatic rings. The second-order valence-electron chi connectivity index (χ2n) is 1.81. The molecule has 0 unspecified atom stereocenters. The van der Waals surface area contributed by atoms with Gasteiger partial charge in [-0.05, 0) is 0 Å². The zero-order valence-electron chi connectivity index (χ0n) is 5.62. The molecule has 10 heavy (non-hydrogen) atoms. The summed E-state index contributed by atoms with van der Waals surface area (Å²) in [6.45, 7) is 1.86. The lowest BCUT2D eigenvalue weighted by Gasteiger charge is -2.12. The summed E-state index contributed by atoms with van der Waals surface area (Å²) in [5.74, 6) is 0.0547. The summed E-state index contributed by atoms with van der Waals surface area (Å²) in [7, 11) is 0. The Morgan fingerprint density at radius 2 is 2.60 bits per heavy atom. The Labute approximate surface area is 58.4 Å². The van der Waals surface area contributed by atoms with Crippen molar-refractivity contribution in [2.75, 3.05) is 13.4 Å². The van der Waals surface area contributed by atoms with Gasteiger partial charge in [-0.15, -0.1) is 0 Å². The van der Waals surface area contributed by atoms with Crippen LogP contribution in [0.5, 0.6) is 0 Å². The number of hydrogen-bond donors (Lipinski definition) is 0. The summed E-state index contributed by atoms with van der Waals surface area (Å²) in [6, 6.07) is 0. The van der Waals surface area contributed by atoms with Crippen molar-refractivity contribution >= 4 is 5.97 Å². The van der Waals surface area contributed by atoms with Crippen LogP contribution in [0.25, 0.3) is 0 Å². The number of ether oxygens (including phenoxy) is 3. The van der Waals surface area contributed by atoms with Crippen molar-refractivity contribution < 1.29 is 19.0 Å². The molecule has 4 heteroatoms. The molecule has 56 valence electrons. The number of carbonyl (C=O) groups excluding carboxylic acids is 1. The zero-order valence-corrected chi connectivity index (χ0v) is 5.62. The van der Waals surface area contributed by atoms with Gasteiger partial charge in [-0.25, -0.2) is 0 Å². The Hall–Kier alpha value is -1.03. The minimum atomic E-state index is -0.361. The third kappa shape index (κ3) is 2.06. The van der Waals surface area contributed by atoms with Gasteiger partial charge in [0.1, 0.15) is 12.9 Å². The quantitative estimate of drug-likeness (QED) is 0.499. The van der Waals surface area contributed by atoms with Crippen molar-refractivity contribution in [3.63, 3.8) is 0 Å². The minimum absolute atomic E-state index is 0.227. The number of carbonyl (C=O) groups is 1. The summed E-state index contributed by atoms with van der Waals surface area (Å²) < 4.78 is 14.2. The Kier molecular flexibility index (Phi) is 2.28. The van der Waals surface area contributed by atoms with Crippen molar-refractivity contribution in [3.8, 4) is 0 Å². The molecule has 0 fully saturated rings. The van der Waals surface area contributed by atoms with E-state index in [-0.39, 0.29) is 12.8 Å². The first kappa shape index (κ1) is 7.08. The van der Waals surface area contributed by atoms with Gasteiger partial charge >= 0.3 is 5.97 Å². The van der Waals surface area contributed by atoms with Crippen molar-refractivity contribution in [2.45, 2.75) is 6.92 Å². The molecule has 0 amide bonds. The van der Waals surface area contributed by atoms with Crippen LogP contribution in [0.2, 0.25) is 0 Å². The van der Waals surface area contributed by atoms with E-state index in [0.717, 1.165) is 0 Å². The van der Waals surface area contributed by atoms with Crippen LogP contribution in [0.15, 0.2) is 12.0 Å². The molecule has 0 saturated carbocycles. The third-order valence-corrected chi connectivity index (χ3v) is 0.885. The second kappa shape index (κ2) is 3.22. The maximum atomic E-state index is 10.3. The molecule has 0 aliphatic carbocycles. The average molecular weight is 144 g/mol. The Balaban J connectivity index is 2.38. The normalized spacial score (nSPS) is 17.1. The largest absolute Gasteiger partial charge is 0.472 e. The van der Waals surface area contributed by atoms with Gasteiger partial charge in [-0.1, -0.05) is 0 Å². The van der Waals surface area contributed by atoms with Gasteiger partial charge in [-0.2, -0.15) is 0 Å². The molecule has 0 saturated heterocycles. The van der Waals surface area contributed by atoms with Crippen molar-refractivity contribution in [1.82, 2.24) is 0 Å². The predicted octanol–water partition coefficient (Wildman–Crippen LogP) is 0.395. The smallest absolute Gasteiger partial charge is 0.307 e. The molecule has 4 nitrogen and oxygen atoms in total. The standard InChI is InChI=1S/C6H8O4/c1-5(7)10-6-2-8-4-9-3-6/h2H,3-4H2,1H3. The fraction of sp³-hybridized carbons (Fsp3) is 0.500. The van der Waals surface area contributed by atoms with E-state index in [0.29, 0.717) is 12.4 Å². The van der Waals surface area contributed by atoms with Crippen LogP contribution in [0.4, 0.5) is 0 Å². The summed E-state index contributed by atoms with van der Waals surface area (Å²) in [5.41, 5.74) is 0. The molecule has 0 spiro atoms. The maximum Gasteiger partial charge on any atom is 0.307 e.